The minimum Gasteiger partial charge on any atom is -0.388 e. The molecule has 0 saturated heterocycles. The molecule has 13 heavy (non-hydrogen) atoms. The molecule has 1 N–H and O–H groups in total. The van der Waals surface area contributed by atoms with Gasteiger partial charge >= 0.3 is 0 Å². The molecule has 0 radical (unpaired) electrons. The molecule has 0 spiro atoms. The van der Waals surface area contributed by atoms with E-state index in [1.165, 1.54) is 5.56 Å². The summed E-state index contributed by atoms with van der Waals surface area (Å²) in [5.41, 5.74) is 2.21. The van der Waals surface area contributed by atoms with Gasteiger partial charge in [0.15, 0.2) is 0 Å². The molecule has 1 aromatic carbocycles. The van der Waals surface area contributed by atoms with Crippen molar-refractivity contribution in [3.05, 3.63) is 48.0 Å². The van der Waals surface area contributed by atoms with Gasteiger partial charge in [-0.2, -0.15) is 0 Å². The maximum absolute atomic E-state index is 9.70. The Morgan fingerprint density at radius 1 is 1.46 bits per heavy atom. The van der Waals surface area contributed by atoms with E-state index in [1.807, 2.05) is 37.3 Å². The molecule has 70 valence electrons. The van der Waals surface area contributed by atoms with Crippen LogP contribution in [-0.2, 0) is 6.42 Å². The van der Waals surface area contributed by atoms with Crippen LogP contribution in [0.25, 0.3) is 0 Å². The molecule has 0 saturated carbocycles. The lowest BCUT2D eigenvalue weighted by molar-refractivity contribution is 0.173. The lowest BCUT2D eigenvalue weighted by Gasteiger charge is -2.12. The SMILES string of the molecule is C=CCc1ccccc1C(O)CC. The molecule has 1 heteroatoms. The summed E-state index contributed by atoms with van der Waals surface area (Å²) in [6, 6.07) is 7.97. The molecule has 0 aliphatic heterocycles. The van der Waals surface area contributed by atoms with E-state index in [2.05, 4.69) is 6.58 Å². The van der Waals surface area contributed by atoms with Gasteiger partial charge in [0.1, 0.15) is 0 Å². The molecule has 0 amide bonds. The van der Waals surface area contributed by atoms with Crippen molar-refractivity contribution in [2.24, 2.45) is 0 Å². The minimum absolute atomic E-state index is 0.337. The van der Waals surface area contributed by atoms with E-state index in [1.54, 1.807) is 0 Å². The Morgan fingerprint density at radius 3 is 2.77 bits per heavy atom. The standard InChI is InChI=1S/C12H16O/c1-3-7-10-8-5-6-9-11(10)12(13)4-2/h3,5-6,8-9,12-13H,1,4,7H2,2H3. The highest BCUT2D eigenvalue weighted by Gasteiger charge is 2.07. The number of rotatable bonds is 4. The number of hydrogen-bond acceptors (Lipinski definition) is 1. The van der Waals surface area contributed by atoms with E-state index in [4.69, 9.17) is 0 Å². The first kappa shape index (κ1) is 10.0. The molecule has 1 atom stereocenters. The lowest BCUT2D eigenvalue weighted by Crippen LogP contribution is -1.99. The summed E-state index contributed by atoms with van der Waals surface area (Å²) >= 11 is 0. The van der Waals surface area contributed by atoms with Gasteiger partial charge < -0.3 is 5.11 Å². The zero-order chi connectivity index (χ0) is 9.68. The van der Waals surface area contributed by atoms with Crippen LogP contribution in [0.2, 0.25) is 0 Å². The molecule has 1 rings (SSSR count). The van der Waals surface area contributed by atoms with E-state index in [-0.39, 0.29) is 6.10 Å². The van der Waals surface area contributed by atoms with Crippen molar-refractivity contribution < 1.29 is 5.11 Å². The minimum atomic E-state index is -0.337. The Balaban J connectivity index is 2.96. The van der Waals surface area contributed by atoms with Crippen LogP contribution in [0.1, 0.15) is 30.6 Å². The van der Waals surface area contributed by atoms with Crippen molar-refractivity contribution in [3.63, 3.8) is 0 Å². The molecule has 1 nitrogen and oxygen atoms in total. The molecule has 0 aliphatic carbocycles. The Morgan fingerprint density at radius 2 is 2.15 bits per heavy atom. The third-order valence-electron chi connectivity index (χ3n) is 2.17. The highest BCUT2D eigenvalue weighted by molar-refractivity contribution is 5.30. The number of aliphatic hydroxyl groups is 1. The van der Waals surface area contributed by atoms with Crippen molar-refractivity contribution in [3.8, 4) is 0 Å². The van der Waals surface area contributed by atoms with Crippen molar-refractivity contribution in [1.29, 1.82) is 0 Å². The van der Waals surface area contributed by atoms with Gasteiger partial charge in [0.2, 0.25) is 0 Å². The average Bonchev–Trinajstić information content (AvgIpc) is 2.18. The fraction of sp³-hybridized carbons (Fsp3) is 0.333. The van der Waals surface area contributed by atoms with Crippen LogP contribution >= 0.6 is 0 Å². The summed E-state index contributed by atoms with van der Waals surface area (Å²) < 4.78 is 0. The third-order valence-corrected chi connectivity index (χ3v) is 2.17. The van der Waals surface area contributed by atoms with Crippen LogP contribution < -0.4 is 0 Å². The van der Waals surface area contributed by atoms with Gasteiger partial charge in [0, 0.05) is 0 Å². The summed E-state index contributed by atoms with van der Waals surface area (Å²) in [5, 5.41) is 9.70. The first-order valence-corrected chi connectivity index (χ1v) is 4.66. The van der Waals surface area contributed by atoms with Crippen LogP contribution in [0.15, 0.2) is 36.9 Å². The number of allylic oxidation sites excluding steroid dienone is 1. The monoisotopic (exact) mass is 176 g/mol. The van der Waals surface area contributed by atoms with Crippen LogP contribution in [0.4, 0.5) is 0 Å². The van der Waals surface area contributed by atoms with Crippen LogP contribution in [0.5, 0.6) is 0 Å². The second-order valence-corrected chi connectivity index (χ2v) is 3.12. The van der Waals surface area contributed by atoms with E-state index < -0.39 is 0 Å². The predicted octanol–water partition coefficient (Wildman–Crippen LogP) is 2.86. The third kappa shape index (κ3) is 2.43. The van der Waals surface area contributed by atoms with E-state index in [0.717, 1.165) is 18.4 Å². The normalized spacial score (nSPS) is 12.5. The maximum Gasteiger partial charge on any atom is 0.0790 e. The Labute approximate surface area is 79.7 Å². The van der Waals surface area contributed by atoms with Gasteiger partial charge in [-0.1, -0.05) is 37.3 Å². The van der Waals surface area contributed by atoms with Gasteiger partial charge in [-0.25, -0.2) is 0 Å². The molecule has 1 unspecified atom stereocenters. The zero-order valence-corrected chi connectivity index (χ0v) is 8.03. The number of benzene rings is 1. The van der Waals surface area contributed by atoms with E-state index >= 15 is 0 Å². The molecular formula is C12H16O. The van der Waals surface area contributed by atoms with Gasteiger partial charge in [0.05, 0.1) is 6.10 Å². The van der Waals surface area contributed by atoms with Gasteiger partial charge in [-0.05, 0) is 24.0 Å². The van der Waals surface area contributed by atoms with Gasteiger partial charge in [-0.3, -0.25) is 0 Å². The second kappa shape index (κ2) is 4.83. The first-order chi connectivity index (χ1) is 6.29. The van der Waals surface area contributed by atoms with Crippen LogP contribution in [0.3, 0.4) is 0 Å². The topological polar surface area (TPSA) is 20.2 Å². The lowest BCUT2D eigenvalue weighted by atomic mass is 9.99. The average molecular weight is 176 g/mol. The number of hydrogen-bond donors (Lipinski definition) is 1. The van der Waals surface area contributed by atoms with E-state index in [9.17, 15) is 5.11 Å². The highest BCUT2D eigenvalue weighted by Crippen LogP contribution is 2.20. The summed E-state index contributed by atoms with van der Waals surface area (Å²) in [6.45, 7) is 5.68. The summed E-state index contributed by atoms with van der Waals surface area (Å²) in [7, 11) is 0. The highest BCUT2D eigenvalue weighted by atomic mass is 16.3. The molecule has 0 heterocycles. The summed E-state index contributed by atoms with van der Waals surface area (Å²) in [4.78, 5) is 0. The Hall–Kier alpha value is -1.08. The van der Waals surface area contributed by atoms with Crippen LogP contribution in [0, 0.1) is 0 Å². The maximum atomic E-state index is 9.70. The molecule has 0 bridgehead atoms. The largest absolute Gasteiger partial charge is 0.388 e. The fourth-order valence-corrected chi connectivity index (χ4v) is 1.42. The van der Waals surface area contributed by atoms with Crippen LogP contribution in [-0.4, -0.2) is 5.11 Å². The fourth-order valence-electron chi connectivity index (χ4n) is 1.42. The van der Waals surface area contributed by atoms with Crippen molar-refractivity contribution in [1.82, 2.24) is 0 Å². The molecule has 0 aromatic heterocycles. The predicted molar refractivity (Wildman–Crippen MR) is 55.6 cm³/mol. The number of aliphatic hydroxyl groups excluding tert-OH is 1. The van der Waals surface area contributed by atoms with Crippen molar-refractivity contribution >= 4 is 0 Å². The first-order valence-electron chi connectivity index (χ1n) is 4.66. The molecule has 1 aromatic rings. The molecular weight excluding hydrogens is 160 g/mol. The molecule has 0 fully saturated rings. The summed E-state index contributed by atoms with van der Waals surface area (Å²) in [6.07, 6.45) is 3.11. The molecule has 0 aliphatic rings. The quantitative estimate of drug-likeness (QED) is 0.699. The van der Waals surface area contributed by atoms with Gasteiger partial charge in [-0.15, -0.1) is 6.58 Å². The Bertz CT molecular complexity index is 278. The summed E-state index contributed by atoms with van der Waals surface area (Å²) in [5.74, 6) is 0. The van der Waals surface area contributed by atoms with E-state index in [0.29, 0.717) is 0 Å². The van der Waals surface area contributed by atoms with Gasteiger partial charge in [0.25, 0.3) is 0 Å². The van der Waals surface area contributed by atoms with Crippen molar-refractivity contribution in [2.75, 3.05) is 0 Å². The second-order valence-electron chi connectivity index (χ2n) is 3.12. The smallest absolute Gasteiger partial charge is 0.0790 e. The van der Waals surface area contributed by atoms with Crippen molar-refractivity contribution in [2.45, 2.75) is 25.9 Å². The Kier molecular flexibility index (Phi) is 3.71. The zero-order valence-electron chi connectivity index (χ0n) is 8.03.